The number of carboxylic acid groups (broad SMARTS) is 1. The van der Waals surface area contributed by atoms with E-state index < -0.39 is 5.97 Å². The molecule has 112 valence electrons. The molecule has 0 atom stereocenters. The van der Waals surface area contributed by atoms with Gasteiger partial charge in [0.05, 0.1) is 6.20 Å². The predicted molar refractivity (Wildman–Crippen MR) is 74.3 cm³/mol. The van der Waals surface area contributed by atoms with E-state index in [2.05, 4.69) is 9.97 Å². The predicted octanol–water partition coefficient (Wildman–Crippen LogP) is 1.22. The summed E-state index contributed by atoms with van der Waals surface area (Å²) in [6.45, 7) is 5.46. The summed E-state index contributed by atoms with van der Waals surface area (Å²) < 4.78 is 6.83. The van der Waals surface area contributed by atoms with E-state index in [0.29, 0.717) is 29.5 Å². The number of rotatable bonds is 5. The van der Waals surface area contributed by atoms with Crippen LogP contribution in [0.4, 0.5) is 0 Å². The van der Waals surface area contributed by atoms with Gasteiger partial charge in [-0.1, -0.05) is 0 Å². The second-order valence-electron chi connectivity index (χ2n) is 4.89. The SMILES string of the molecule is Cc1cnc(Cn2c(C)c(CCC(=O)O)c(C)nc2=O)o1. The summed E-state index contributed by atoms with van der Waals surface area (Å²) in [6, 6.07) is 0. The average molecular weight is 291 g/mol. The van der Waals surface area contributed by atoms with E-state index in [1.165, 1.54) is 4.57 Å². The number of aliphatic carboxylic acids is 1. The van der Waals surface area contributed by atoms with Gasteiger partial charge in [0.15, 0.2) is 0 Å². The lowest BCUT2D eigenvalue weighted by Gasteiger charge is -2.13. The Labute approximate surface area is 121 Å². The van der Waals surface area contributed by atoms with Crippen LogP contribution in [-0.4, -0.2) is 25.6 Å². The summed E-state index contributed by atoms with van der Waals surface area (Å²) in [4.78, 5) is 30.8. The van der Waals surface area contributed by atoms with Crippen LogP contribution in [0, 0.1) is 20.8 Å². The number of carbonyl (C=O) groups is 1. The lowest BCUT2D eigenvalue weighted by atomic mass is 10.1. The first-order valence-electron chi connectivity index (χ1n) is 6.58. The molecule has 0 amide bonds. The van der Waals surface area contributed by atoms with Crippen LogP contribution in [0.3, 0.4) is 0 Å². The fourth-order valence-electron chi connectivity index (χ4n) is 2.23. The van der Waals surface area contributed by atoms with Gasteiger partial charge in [-0.05, 0) is 32.8 Å². The molecule has 2 heterocycles. The topological polar surface area (TPSA) is 98.2 Å². The Morgan fingerprint density at radius 3 is 2.67 bits per heavy atom. The molecule has 0 spiro atoms. The first kappa shape index (κ1) is 15.0. The van der Waals surface area contributed by atoms with Gasteiger partial charge in [0.1, 0.15) is 12.3 Å². The molecular weight excluding hydrogens is 274 g/mol. The molecule has 1 N–H and O–H groups in total. The van der Waals surface area contributed by atoms with Crippen LogP contribution >= 0.6 is 0 Å². The maximum Gasteiger partial charge on any atom is 0.348 e. The Bertz CT molecular complexity index is 730. The van der Waals surface area contributed by atoms with Crippen LogP contribution in [-0.2, 0) is 17.8 Å². The third-order valence-corrected chi connectivity index (χ3v) is 3.32. The van der Waals surface area contributed by atoms with Crippen molar-refractivity contribution in [1.29, 1.82) is 0 Å². The van der Waals surface area contributed by atoms with Crippen molar-refractivity contribution in [3.63, 3.8) is 0 Å². The smallest absolute Gasteiger partial charge is 0.348 e. The summed E-state index contributed by atoms with van der Waals surface area (Å²) in [5.74, 6) is 0.212. The van der Waals surface area contributed by atoms with Gasteiger partial charge >= 0.3 is 11.7 Å². The van der Waals surface area contributed by atoms with Crippen LogP contribution < -0.4 is 5.69 Å². The van der Waals surface area contributed by atoms with Crippen molar-refractivity contribution in [3.05, 3.63) is 45.3 Å². The molecule has 0 saturated heterocycles. The minimum absolute atomic E-state index is 0.000323. The Morgan fingerprint density at radius 2 is 2.10 bits per heavy atom. The lowest BCUT2D eigenvalue weighted by molar-refractivity contribution is -0.136. The molecule has 7 heteroatoms. The van der Waals surface area contributed by atoms with Gasteiger partial charge in [-0.2, -0.15) is 4.98 Å². The highest BCUT2D eigenvalue weighted by molar-refractivity contribution is 5.67. The zero-order valence-corrected chi connectivity index (χ0v) is 12.2. The zero-order valence-electron chi connectivity index (χ0n) is 12.2. The first-order chi connectivity index (χ1) is 9.88. The summed E-state index contributed by atoms with van der Waals surface area (Å²) >= 11 is 0. The van der Waals surface area contributed by atoms with Gasteiger partial charge in [-0.15, -0.1) is 0 Å². The number of hydrogen-bond donors (Lipinski definition) is 1. The van der Waals surface area contributed by atoms with Crippen molar-refractivity contribution in [2.45, 2.75) is 40.2 Å². The van der Waals surface area contributed by atoms with Gasteiger partial charge in [0, 0.05) is 17.8 Å². The van der Waals surface area contributed by atoms with Gasteiger partial charge in [-0.25, -0.2) is 9.78 Å². The third kappa shape index (κ3) is 3.36. The van der Waals surface area contributed by atoms with Crippen LogP contribution in [0.5, 0.6) is 0 Å². The van der Waals surface area contributed by atoms with Crippen LogP contribution in [0.2, 0.25) is 0 Å². The van der Waals surface area contributed by atoms with Crippen LogP contribution in [0.1, 0.15) is 35.0 Å². The highest BCUT2D eigenvalue weighted by atomic mass is 16.4. The van der Waals surface area contributed by atoms with E-state index in [9.17, 15) is 9.59 Å². The largest absolute Gasteiger partial charge is 0.481 e. The molecule has 0 aliphatic heterocycles. The molecule has 0 radical (unpaired) electrons. The van der Waals surface area contributed by atoms with Gasteiger partial charge < -0.3 is 9.52 Å². The molecule has 21 heavy (non-hydrogen) atoms. The standard InChI is InChI=1S/C14H17N3O4/c1-8-6-15-12(21-8)7-17-10(3)11(4-5-13(18)19)9(2)16-14(17)20/h6H,4-5,7H2,1-3H3,(H,18,19). The Balaban J connectivity index is 2.38. The highest BCUT2D eigenvalue weighted by Gasteiger charge is 2.14. The van der Waals surface area contributed by atoms with E-state index in [4.69, 9.17) is 9.52 Å². The van der Waals surface area contributed by atoms with Crippen LogP contribution in [0.25, 0.3) is 0 Å². The monoisotopic (exact) mass is 291 g/mol. The summed E-state index contributed by atoms with van der Waals surface area (Å²) in [5.41, 5.74) is 1.66. The molecule has 2 aromatic heterocycles. The molecule has 2 rings (SSSR count). The number of aromatic nitrogens is 3. The van der Waals surface area contributed by atoms with E-state index in [1.807, 2.05) is 0 Å². The van der Waals surface area contributed by atoms with Gasteiger partial charge in [-0.3, -0.25) is 9.36 Å². The third-order valence-electron chi connectivity index (χ3n) is 3.32. The Hall–Kier alpha value is -2.44. The highest BCUT2D eigenvalue weighted by Crippen LogP contribution is 2.13. The molecule has 2 aromatic rings. The second kappa shape index (κ2) is 5.90. The molecule has 0 aliphatic carbocycles. The normalized spacial score (nSPS) is 10.8. The van der Waals surface area contributed by atoms with Crippen molar-refractivity contribution in [2.75, 3.05) is 0 Å². The average Bonchev–Trinajstić information content (AvgIpc) is 2.79. The molecular formula is C14H17N3O4. The van der Waals surface area contributed by atoms with E-state index in [0.717, 1.165) is 5.56 Å². The fourth-order valence-corrected chi connectivity index (χ4v) is 2.23. The molecule has 0 aliphatic rings. The molecule has 7 nitrogen and oxygen atoms in total. The zero-order chi connectivity index (χ0) is 15.6. The number of hydrogen-bond acceptors (Lipinski definition) is 5. The van der Waals surface area contributed by atoms with Crippen molar-refractivity contribution in [2.24, 2.45) is 0 Å². The van der Waals surface area contributed by atoms with Gasteiger partial charge in [0.25, 0.3) is 0 Å². The fraction of sp³-hybridized carbons (Fsp3) is 0.429. The Kier molecular flexibility index (Phi) is 4.21. The number of oxazole rings is 1. The van der Waals surface area contributed by atoms with Crippen molar-refractivity contribution in [1.82, 2.24) is 14.5 Å². The minimum atomic E-state index is -0.880. The number of aryl methyl sites for hydroxylation is 2. The summed E-state index contributed by atoms with van der Waals surface area (Å²) in [7, 11) is 0. The van der Waals surface area contributed by atoms with Crippen molar-refractivity contribution < 1.29 is 14.3 Å². The van der Waals surface area contributed by atoms with Crippen molar-refractivity contribution >= 4 is 5.97 Å². The van der Waals surface area contributed by atoms with Gasteiger partial charge in [0.2, 0.25) is 5.89 Å². The lowest BCUT2D eigenvalue weighted by Crippen LogP contribution is -2.28. The van der Waals surface area contributed by atoms with Crippen LogP contribution in [0.15, 0.2) is 15.4 Å². The molecule has 0 unspecified atom stereocenters. The summed E-state index contributed by atoms with van der Waals surface area (Å²) in [5, 5.41) is 8.80. The second-order valence-corrected chi connectivity index (χ2v) is 4.89. The first-order valence-corrected chi connectivity index (χ1v) is 6.58. The molecule has 0 fully saturated rings. The minimum Gasteiger partial charge on any atom is -0.481 e. The molecule has 0 aromatic carbocycles. The van der Waals surface area contributed by atoms with E-state index in [-0.39, 0.29) is 18.7 Å². The maximum absolute atomic E-state index is 12.0. The molecule has 0 bridgehead atoms. The molecule has 0 saturated carbocycles. The Morgan fingerprint density at radius 1 is 1.38 bits per heavy atom. The quantitative estimate of drug-likeness (QED) is 0.889. The maximum atomic E-state index is 12.0. The van der Waals surface area contributed by atoms with Crippen molar-refractivity contribution in [3.8, 4) is 0 Å². The number of carboxylic acids is 1. The van der Waals surface area contributed by atoms with E-state index >= 15 is 0 Å². The van der Waals surface area contributed by atoms with E-state index in [1.54, 1.807) is 27.0 Å². The summed E-state index contributed by atoms with van der Waals surface area (Å²) in [6.07, 6.45) is 1.92. The number of nitrogens with zero attached hydrogens (tertiary/aromatic N) is 3.